The Kier molecular flexibility index (Phi) is 4.71. The number of benzene rings is 1. The van der Waals surface area contributed by atoms with Gasteiger partial charge in [0, 0.05) is 6.54 Å². The summed E-state index contributed by atoms with van der Waals surface area (Å²) in [4.78, 5) is 0. The zero-order valence-electron chi connectivity index (χ0n) is 8.72. The SMILES string of the molecule is CNCC(O)c1cccc(C(O)CO)c1. The van der Waals surface area contributed by atoms with Crippen LogP contribution in [0.1, 0.15) is 23.3 Å². The van der Waals surface area contributed by atoms with E-state index in [1.807, 2.05) is 0 Å². The Bertz CT molecular complexity index is 304. The summed E-state index contributed by atoms with van der Waals surface area (Å²) in [5.41, 5.74) is 1.35. The standard InChI is InChI=1S/C11H17NO3/c1-12-6-10(14)8-3-2-4-9(5-8)11(15)7-13/h2-5,10-15H,6-7H2,1H3. The molecule has 1 aromatic rings. The lowest BCUT2D eigenvalue weighted by molar-refractivity contribution is 0.0952. The minimum absolute atomic E-state index is 0.314. The molecule has 15 heavy (non-hydrogen) atoms. The van der Waals surface area contributed by atoms with Gasteiger partial charge in [-0.15, -0.1) is 0 Å². The molecule has 4 heteroatoms. The summed E-state index contributed by atoms with van der Waals surface area (Å²) < 4.78 is 0. The minimum atomic E-state index is -0.883. The molecule has 0 amide bonds. The van der Waals surface area contributed by atoms with E-state index < -0.39 is 12.2 Å². The van der Waals surface area contributed by atoms with Crippen LogP contribution in [-0.2, 0) is 0 Å². The fourth-order valence-corrected chi connectivity index (χ4v) is 1.39. The van der Waals surface area contributed by atoms with Crippen LogP contribution in [0.3, 0.4) is 0 Å². The van der Waals surface area contributed by atoms with Gasteiger partial charge in [0.05, 0.1) is 12.7 Å². The molecule has 84 valence electrons. The van der Waals surface area contributed by atoms with Crippen LogP contribution in [0.5, 0.6) is 0 Å². The van der Waals surface area contributed by atoms with Gasteiger partial charge in [-0.2, -0.15) is 0 Å². The maximum atomic E-state index is 9.69. The maximum absolute atomic E-state index is 9.69. The Balaban J connectivity index is 2.82. The second-order valence-electron chi connectivity index (χ2n) is 3.44. The molecule has 0 radical (unpaired) electrons. The molecule has 0 heterocycles. The summed E-state index contributed by atoms with van der Waals surface area (Å²) in [5, 5.41) is 30.8. The highest BCUT2D eigenvalue weighted by Gasteiger charge is 2.10. The molecule has 2 unspecified atom stereocenters. The first-order chi connectivity index (χ1) is 7.19. The van der Waals surface area contributed by atoms with Crippen LogP contribution in [-0.4, -0.2) is 35.5 Å². The van der Waals surface area contributed by atoms with E-state index in [1.165, 1.54) is 0 Å². The lowest BCUT2D eigenvalue weighted by atomic mass is 10.0. The van der Waals surface area contributed by atoms with E-state index in [1.54, 1.807) is 31.3 Å². The third-order valence-corrected chi connectivity index (χ3v) is 2.25. The van der Waals surface area contributed by atoms with Crippen LogP contribution in [0, 0.1) is 0 Å². The lowest BCUT2D eigenvalue weighted by Gasteiger charge is -2.13. The maximum Gasteiger partial charge on any atom is 0.102 e. The van der Waals surface area contributed by atoms with E-state index in [0.29, 0.717) is 12.1 Å². The van der Waals surface area contributed by atoms with Crippen LogP contribution >= 0.6 is 0 Å². The number of rotatable bonds is 5. The van der Waals surface area contributed by atoms with E-state index in [2.05, 4.69) is 5.32 Å². The van der Waals surface area contributed by atoms with Crippen molar-refractivity contribution in [3.63, 3.8) is 0 Å². The van der Waals surface area contributed by atoms with Crippen LogP contribution in [0.25, 0.3) is 0 Å². The summed E-state index contributed by atoms with van der Waals surface area (Å²) in [5.74, 6) is 0. The van der Waals surface area contributed by atoms with Gasteiger partial charge in [-0.1, -0.05) is 24.3 Å². The number of likely N-dealkylation sites (N-methyl/N-ethyl adjacent to an activating group) is 1. The van der Waals surface area contributed by atoms with Gasteiger partial charge in [0.15, 0.2) is 0 Å². The number of aliphatic hydroxyl groups is 3. The van der Waals surface area contributed by atoms with Gasteiger partial charge >= 0.3 is 0 Å². The molecule has 0 aliphatic carbocycles. The van der Waals surface area contributed by atoms with Crippen molar-refractivity contribution in [2.45, 2.75) is 12.2 Å². The van der Waals surface area contributed by atoms with Crippen molar-refractivity contribution < 1.29 is 15.3 Å². The first-order valence-electron chi connectivity index (χ1n) is 4.90. The number of nitrogens with one attached hydrogen (secondary N) is 1. The lowest BCUT2D eigenvalue weighted by Crippen LogP contribution is -2.17. The van der Waals surface area contributed by atoms with Crippen LogP contribution in [0.2, 0.25) is 0 Å². The van der Waals surface area contributed by atoms with Gasteiger partial charge in [0.25, 0.3) is 0 Å². The van der Waals surface area contributed by atoms with Crippen molar-refractivity contribution in [3.8, 4) is 0 Å². The molecular formula is C11H17NO3. The molecule has 4 nitrogen and oxygen atoms in total. The number of hydrogen-bond acceptors (Lipinski definition) is 4. The molecule has 1 rings (SSSR count). The first-order valence-corrected chi connectivity index (χ1v) is 4.90. The highest BCUT2D eigenvalue weighted by molar-refractivity contribution is 5.27. The van der Waals surface area contributed by atoms with Crippen molar-refractivity contribution in [2.75, 3.05) is 20.2 Å². The Hall–Kier alpha value is -0.940. The van der Waals surface area contributed by atoms with Crippen molar-refractivity contribution in [3.05, 3.63) is 35.4 Å². The summed E-state index contributed by atoms with van der Waals surface area (Å²) in [6.07, 6.45) is -1.48. The van der Waals surface area contributed by atoms with E-state index in [-0.39, 0.29) is 6.61 Å². The molecular weight excluding hydrogens is 194 g/mol. The average molecular weight is 211 g/mol. The number of aliphatic hydroxyl groups excluding tert-OH is 3. The van der Waals surface area contributed by atoms with Crippen molar-refractivity contribution in [1.29, 1.82) is 0 Å². The third-order valence-electron chi connectivity index (χ3n) is 2.25. The smallest absolute Gasteiger partial charge is 0.102 e. The Labute approximate surface area is 89.2 Å². The van der Waals surface area contributed by atoms with Gasteiger partial charge in [0.1, 0.15) is 6.10 Å². The molecule has 0 saturated carbocycles. The summed E-state index contributed by atoms with van der Waals surface area (Å²) in [7, 11) is 1.76. The summed E-state index contributed by atoms with van der Waals surface area (Å²) >= 11 is 0. The molecule has 4 N–H and O–H groups in total. The minimum Gasteiger partial charge on any atom is -0.393 e. The highest BCUT2D eigenvalue weighted by atomic mass is 16.3. The van der Waals surface area contributed by atoms with E-state index in [0.717, 1.165) is 5.56 Å². The quantitative estimate of drug-likeness (QED) is 0.551. The van der Waals surface area contributed by atoms with E-state index >= 15 is 0 Å². The second-order valence-corrected chi connectivity index (χ2v) is 3.44. The van der Waals surface area contributed by atoms with Crippen molar-refractivity contribution >= 4 is 0 Å². The monoisotopic (exact) mass is 211 g/mol. The van der Waals surface area contributed by atoms with E-state index in [9.17, 15) is 10.2 Å². The Morgan fingerprint density at radius 2 is 1.80 bits per heavy atom. The molecule has 2 atom stereocenters. The summed E-state index contributed by atoms with van der Waals surface area (Å²) in [6.45, 7) is 0.143. The van der Waals surface area contributed by atoms with Gasteiger partial charge in [0.2, 0.25) is 0 Å². The highest BCUT2D eigenvalue weighted by Crippen LogP contribution is 2.18. The molecule has 0 bridgehead atoms. The van der Waals surface area contributed by atoms with Gasteiger partial charge < -0.3 is 20.6 Å². The third kappa shape index (κ3) is 3.28. The van der Waals surface area contributed by atoms with Crippen LogP contribution in [0.15, 0.2) is 24.3 Å². The largest absolute Gasteiger partial charge is 0.393 e. The second kappa shape index (κ2) is 5.82. The molecule has 0 fully saturated rings. The zero-order chi connectivity index (χ0) is 11.3. The normalized spacial score (nSPS) is 14.9. The van der Waals surface area contributed by atoms with Crippen molar-refractivity contribution in [2.24, 2.45) is 0 Å². The van der Waals surface area contributed by atoms with Gasteiger partial charge in [-0.25, -0.2) is 0 Å². The topological polar surface area (TPSA) is 72.7 Å². The zero-order valence-corrected chi connectivity index (χ0v) is 8.72. The summed E-state index contributed by atoms with van der Waals surface area (Å²) in [6, 6.07) is 6.96. The molecule has 0 aliphatic rings. The van der Waals surface area contributed by atoms with Gasteiger partial charge in [-0.05, 0) is 18.2 Å². The Morgan fingerprint density at radius 3 is 2.33 bits per heavy atom. The van der Waals surface area contributed by atoms with Crippen LogP contribution < -0.4 is 5.32 Å². The average Bonchev–Trinajstić information content (AvgIpc) is 2.28. The van der Waals surface area contributed by atoms with Crippen LogP contribution in [0.4, 0.5) is 0 Å². The Morgan fingerprint density at radius 1 is 1.20 bits per heavy atom. The molecule has 1 aromatic carbocycles. The van der Waals surface area contributed by atoms with Gasteiger partial charge in [-0.3, -0.25) is 0 Å². The first kappa shape index (κ1) is 12.1. The molecule has 0 spiro atoms. The predicted molar refractivity (Wildman–Crippen MR) is 57.4 cm³/mol. The fraction of sp³-hybridized carbons (Fsp3) is 0.455. The molecule has 0 aromatic heterocycles. The predicted octanol–water partition coefficient (Wildman–Crippen LogP) is -0.0349. The molecule has 0 aliphatic heterocycles. The number of hydrogen-bond donors (Lipinski definition) is 4. The molecule has 0 saturated heterocycles. The van der Waals surface area contributed by atoms with E-state index in [4.69, 9.17) is 5.11 Å². The fourth-order valence-electron chi connectivity index (χ4n) is 1.39. The van der Waals surface area contributed by atoms with Crippen molar-refractivity contribution in [1.82, 2.24) is 5.32 Å².